The van der Waals surface area contributed by atoms with Gasteiger partial charge in [-0.3, -0.25) is 9.59 Å². The Kier molecular flexibility index (Phi) is 10.4. The van der Waals surface area contributed by atoms with Gasteiger partial charge in [-0.1, -0.05) is 64.1 Å². The molecule has 4 N–H and O–H groups in total. The summed E-state index contributed by atoms with van der Waals surface area (Å²) in [7, 11) is -1.67. The Bertz CT molecular complexity index is 823. The molecule has 33 heavy (non-hydrogen) atoms. The number of rotatable bonds is 12. The van der Waals surface area contributed by atoms with Crippen molar-refractivity contribution >= 4 is 30.3 Å². The zero-order valence-corrected chi connectivity index (χ0v) is 19.9. The van der Waals surface area contributed by atoms with Crippen LogP contribution in [0.15, 0.2) is 60.7 Å². The first-order valence-electron chi connectivity index (χ1n) is 11.5. The van der Waals surface area contributed by atoms with Crippen LogP contribution in [0.1, 0.15) is 40.5 Å². The summed E-state index contributed by atoms with van der Waals surface area (Å²) < 4.78 is 0. The molecule has 0 spiro atoms. The molecule has 0 fully saturated rings. The van der Waals surface area contributed by atoms with Crippen molar-refractivity contribution in [3.05, 3.63) is 60.7 Å². The summed E-state index contributed by atoms with van der Waals surface area (Å²) in [4.78, 5) is 27.9. The number of hydrogen-bond acceptors (Lipinski definition) is 5. The minimum absolute atomic E-state index is 0.0357. The highest BCUT2D eigenvalue weighted by Crippen LogP contribution is 2.24. The van der Waals surface area contributed by atoms with Crippen molar-refractivity contribution < 1.29 is 19.6 Å². The van der Waals surface area contributed by atoms with E-state index in [0.29, 0.717) is 12.8 Å². The third kappa shape index (κ3) is 8.90. The van der Waals surface area contributed by atoms with Gasteiger partial charge in [0.25, 0.3) is 0 Å². The fourth-order valence-corrected chi connectivity index (χ4v) is 3.68. The molecular formula is C25H36BN3O4. The van der Waals surface area contributed by atoms with Gasteiger partial charge in [0.15, 0.2) is 0 Å². The van der Waals surface area contributed by atoms with Gasteiger partial charge in [-0.2, -0.15) is 0 Å². The molecule has 0 saturated heterocycles. The highest BCUT2D eigenvalue weighted by Gasteiger charge is 2.30. The van der Waals surface area contributed by atoms with E-state index in [9.17, 15) is 19.6 Å². The number of anilines is 2. The minimum atomic E-state index is -1.67. The van der Waals surface area contributed by atoms with Gasteiger partial charge in [-0.15, -0.1) is 0 Å². The summed E-state index contributed by atoms with van der Waals surface area (Å²) in [5, 5.41) is 24.9. The largest absolute Gasteiger partial charge is 0.475 e. The molecule has 0 saturated carbocycles. The number of hydrogen-bond donors (Lipinski definition) is 4. The first-order valence-corrected chi connectivity index (χ1v) is 11.5. The highest BCUT2D eigenvalue weighted by atomic mass is 16.4. The molecule has 8 heteroatoms. The number of nitrogens with zero attached hydrogens (tertiary/aromatic N) is 1. The monoisotopic (exact) mass is 453 g/mol. The lowest BCUT2D eigenvalue weighted by molar-refractivity contribution is -0.129. The zero-order chi connectivity index (χ0) is 24.4. The average molecular weight is 453 g/mol. The molecule has 0 aliphatic carbocycles. The quantitative estimate of drug-likeness (QED) is 0.370. The second-order valence-electron chi connectivity index (χ2n) is 9.17. The van der Waals surface area contributed by atoms with E-state index in [0.717, 1.165) is 11.4 Å². The normalized spacial score (nSPS) is 12.8. The van der Waals surface area contributed by atoms with Gasteiger partial charge in [0.2, 0.25) is 11.8 Å². The Balaban J connectivity index is 2.16. The molecule has 0 aromatic heterocycles. The molecule has 0 heterocycles. The van der Waals surface area contributed by atoms with Crippen LogP contribution in [-0.2, 0) is 9.59 Å². The van der Waals surface area contributed by atoms with Crippen molar-refractivity contribution in [2.45, 2.75) is 52.5 Å². The van der Waals surface area contributed by atoms with Gasteiger partial charge in [-0.05, 0) is 48.9 Å². The first-order chi connectivity index (χ1) is 15.7. The van der Waals surface area contributed by atoms with E-state index in [1.165, 1.54) is 0 Å². The number of carbonyl (C=O) groups excluding carboxylic acids is 2. The molecule has 0 unspecified atom stereocenters. The minimum Gasteiger partial charge on any atom is -0.426 e. The van der Waals surface area contributed by atoms with Gasteiger partial charge in [0.05, 0.1) is 5.94 Å². The number of para-hydroxylation sites is 2. The smallest absolute Gasteiger partial charge is 0.426 e. The highest BCUT2D eigenvalue weighted by molar-refractivity contribution is 6.43. The van der Waals surface area contributed by atoms with E-state index in [-0.39, 0.29) is 24.3 Å². The second-order valence-corrected chi connectivity index (χ2v) is 9.17. The lowest BCUT2D eigenvalue weighted by Gasteiger charge is -2.27. The summed E-state index contributed by atoms with van der Waals surface area (Å²) in [5.74, 6) is -1.19. The summed E-state index contributed by atoms with van der Waals surface area (Å²) in [6, 6.07) is 18.4. The van der Waals surface area contributed by atoms with Gasteiger partial charge < -0.3 is 25.6 Å². The van der Waals surface area contributed by atoms with Gasteiger partial charge in [0, 0.05) is 11.4 Å². The third-order valence-corrected chi connectivity index (χ3v) is 5.21. The molecule has 0 aliphatic heterocycles. The maximum atomic E-state index is 13.1. The van der Waals surface area contributed by atoms with Crippen LogP contribution in [0, 0.1) is 11.8 Å². The lowest BCUT2D eigenvalue weighted by atomic mass is 9.75. The Morgan fingerprint density at radius 3 is 1.73 bits per heavy atom. The van der Waals surface area contributed by atoms with Crippen LogP contribution in [-0.4, -0.2) is 47.5 Å². The predicted molar refractivity (Wildman–Crippen MR) is 133 cm³/mol. The molecule has 2 rings (SSSR count). The Labute approximate surface area is 197 Å². The van der Waals surface area contributed by atoms with Crippen LogP contribution in [0.3, 0.4) is 0 Å². The standard InChI is InChI=1S/C25H36BN3O4/c1-18(2)15-22(25(31)28-23(26(32)33)16-19(3)4)27-24(30)17-29(20-11-7-5-8-12-20)21-13-9-6-10-14-21/h5-14,18-19,22-23,32-33H,15-17H2,1-4H3,(H,27,30)(H,28,31)/t22-,23-/m0/s1. The molecule has 2 amide bonds. The molecule has 2 aromatic carbocycles. The van der Waals surface area contributed by atoms with Crippen molar-refractivity contribution in [2.24, 2.45) is 11.8 Å². The number of carbonyl (C=O) groups is 2. The van der Waals surface area contributed by atoms with Crippen LogP contribution in [0.4, 0.5) is 11.4 Å². The number of nitrogens with one attached hydrogen (secondary N) is 2. The number of benzene rings is 2. The molecule has 178 valence electrons. The molecule has 0 bridgehead atoms. The zero-order valence-electron chi connectivity index (χ0n) is 19.9. The molecule has 2 atom stereocenters. The third-order valence-electron chi connectivity index (χ3n) is 5.21. The predicted octanol–water partition coefficient (Wildman–Crippen LogP) is 2.90. The number of amides is 2. The van der Waals surface area contributed by atoms with E-state index < -0.39 is 25.0 Å². The van der Waals surface area contributed by atoms with Crippen LogP contribution in [0.25, 0.3) is 0 Å². The fraction of sp³-hybridized carbons (Fsp3) is 0.440. The SMILES string of the molecule is CC(C)C[C@H](NC(=O)[C@H](CC(C)C)NC(=O)CN(c1ccccc1)c1ccccc1)B(O)O. The summed E-state index contributed by atoms with van der Waals surface area (Å²) in [6.07, 6.45) is 0.853. The van der Waals surface area contributed by atoms with Crippen molar-refractivity contribution in [3.63, 3.8) is 0 Å². The summed E-state index contributed by atoms with van der Waals surface area (Å²) in [5.41, 5.74) is 1.73. The van der Waals surface area contributed by atoms with E-state index in [4.69, 9.17) is 0 Å². The van der Waals surface area contributed by atoms with Crippen molar-refractivity contribution in [1.29, 1.82) is 0 Å². The lowest BCUT2D eigenvalue weighted by Crippen LogP contribution is -2.55. The molecule has 7 nitrogen and oxygen atoms in total. The van der Waals surface area contributed by atoms with Crippen LogP contribution in [0.2, 0.25) is 0 Å². The van der Waals surface area contributed by atoms with Gasteiger partial charge >= 0.3 is 7.12 Å². The van der Waals surface area contributed by atoms with Crippen molar-refractivity contribution in [2.75, 3.05) is 11.4 Å². The summed E-state index contributed by atoms with van der Waals surface area (Å²) in [6.45, 7) is 7.86. The molecule has 0 aliphatic rings. The molecule has 0 radical (unpaired) electrons. The molecule has 2 aromatic rings. The Morgan fingerprint density at radius 1 is 0.818 bits per heavy atom. The Morgan fingerprint density at radius 2 is 1.30 bits per heavy atom. The van der Waals surface area contributed by atoms with E-state index in [1.807, 2.05) is 93.3 Å². The topological polar surface area (TPSA) is 102 Å². The fourth-order valence-electron chi connectivity index (χ4n) is 3.68. The van der Waals surface area contributed by atoms with Crippen LogP contribution in [0.5, 0.6) is 0 Å². The van der Waals surface area contributed by atoms with E-state index in [1.54, 1.807) is 0 Å². The first kappa shape index (κ1) is 26.4. The maximum Gasteiger partial charge on any atom is 0.475 e. The van der Waals surface area contributed by atoms with Crippen molar-refractivity contribution in [3.8, 4) is 0 Å². The van der Waals surface area contributed by atoms with E-state index in [2.05, 4.69) is 10.6 Å². The maximum absolute atomic E-state index is 13.1. The van der Waals surface area contributed by atoms with Crippen LogP contribution >= 0.6 is 0 Å². The van der Waals surface area contributed by atoms with Crippen LogP contribution < -0.4 is 15.5 Å². The van der Waals surface area contributed by atoms with E-state index >= 15 is 0 Å². The summed E-state index contributed by atoms with van der Waals surface area (Å²) >= 11 is 0. The van der Waals surface area contributed by atoms with Gasteiger partial charge in [-0.25, -0.2) is 0 Å². The Hall–Kier alpha value is -2.84. The van der Waals surface area contributed by atoms with Crippen molar-refractivity contribution in [1.82, 2.24) is 10.6 Å². The molecular weight excluding hydrogens is 417 g/mol. The van der Waals surface area contributed by atoms with Gasteiger partial charge in [0.1, 0.15) is 12.6 Å². The average Bonchev–Trinajstić information content (AvgIpc) is 2.77. The second kappa shape index (κ2) is 13.0.